The molecule has 124 valence electrons. The number of nitrogens with one attached hydrogen (secondary N) is 1. The molecule has 24 heavy (non-hydrogen) atoms. The molecule has 7 nitrogen and oxygen atoms in total. The Bertz CT molecular complexity index is 812. The number of carbonyl (C=O) groups is 2. The smallest absolute Gasteiger partial charge is 0.261 e. The number of hydrogen-bond donors (Lipinski definition) is 1. The van der Waals surface area contributed by atoms with Crippen molar-refractivity contribution in [3.8, 4) is 11.5 Å². The summed E-state index contributed by atoms with van der Waals surface area (Å²) < 4.78 is 5.28. The number of rotatable bonds is 6. The van der Waals surface area contributed by atoms with Crippen LogP contribution in [-0.2, 0) is 6.42 Å². The van der Waals surface area contributed by atoms with Gasteiger partial charge in [0.05, 0.1) is 11.1 Å². The lowest BCUT2D eigenvalue weighted by Crippen LogP contribution is -2.29. The minimum Gasteiger partial charge on any atom is -0.334 e. The molecule has 0 bridgehead atoms. The molecule has 0 saturated heterocycles. The molecule has 1 aromatic heterocycles. The van der Waals surface area contributed by atoms with Gasteiger partial charge in [-0.25, -0.2) is 0 Å². The molecule has 1 aliphatic rings. The number of benzene rings is 1. The van der Waals surface area contributed by atoms with Crippen molar-refractivity contribution in [2.24, 2.45) is 0 Å². The zero-order valence-corrected chi connectivity index (χ0v) is 13.6. The molecule has 3 rings (SSSR count). The van der Waals surface area contributed by atoms with Crippen LogP contribution in [0.4, 0.5) is 0 Å². The zero-order chi connectivity index (χ0) is 17.3. The first kappa shape index (κ1) is 16.1. The van der Waals surface area contributed by atoms with Crippen molar-refractivity contribution in [3.63, 3.8) is 0 Å². The topological polar surface area (TPSA) is 88.3 Å². The van der Waals surface area contributed by atoms with Gasteiger partial charge in [-0.05, 0) is 32.2 Å². The Kier molecular flexibility index (Phi) is 4.26. The monoisotopic (exact) mass is 326 g/mol. The van der Waals surface area contributed by atoms with Crippen LogP contribution in [0.2, 0.25) is 0 Å². The highest BCUT2D eigenvalue weighted by atomic mass is 16.5. The normalized spacial score (nSPS) is 14.8. The van der Waals surface area contributed by atoms with E-state index in [0.29, 0.717) is 34.8 Å². The molecule has 7 heteroatoms. The van der Waals surface area contributed by atoms with Crippen molar-refractivity contribution in [1.29, 1.82) is 0 Å². The lowest BCUT2D eigenvalue weighted by atomic mass is 10.1. The second-order valence-electron chi connectivity index (χ2n) is 5.68. The number of imide groups is 1. The lowest BCUT2D eigenvalue weighted by molar-refractivity contribution is 0.0672. The van der Waals surface area contributed by atoms with E-state index in [0.717, 1.165) is 4.90 Å². The number of fused-ring (bicyclic) bond motifs is 1. The first-order valence-electron chi connectivity index (χ1n) is 7.66. The number of carbonyl (C=O) groups excluding carboxylic acids is 2. The van der Waals surface area contributed by atoms with E-state index in [2.05, 4.69) is 22.0 Å². The first-order chi connectivity index (χ1) is 11.5. The quantitative estimate of drug-likeness (QED) is 0.642. The predicted octanol–water partition coefficient (Wildman–Crippen LogP) is 1.67. The van der Waals surface area contributed by atoms with Crippen LogP contribution in [0, 0.1) is 0 Å². The molecule has 0 aliphatic carbocycles. The fourth-order valence-electron chi connectivity index (χ4n) is 2.55. The van der Waals surface area contributed by atoms with E-state index in [-0.39, 0.29) is 24.4 Å². The predicted molar refractivity (Wildman–Crippen MR) is 87.5 cm³/mol. The Hall–Kier alpha value is -2.80. The third-order valence-electron chi connectivity index (χ3n) is 3.98. The highest BCUT2D eigenvalue weighted by Gasteiger charge is 2.35. The van der Waals surface area contributed by atoms with Crippen molar-refractivity contribution in [1.82, 2.24) is 20.4 Å². The summed E-state index contributed by atoms with van der Waals surface area (Å²) in [5, 5.41) is 7.06. The Morgan fingerprint density at radius 1 is 1.33 bits per heavy atom. The van der Waals surface area contributed by atoms with Gasteiger partial charge >= 0.3 is 0 Å². The van der Waals surface area contributed by atoms with Crippen molar-refractivity contribution >= 4 is 11.8 Å². The summed E-state index contributed by atoms with van der Waals surface area (Å²) in [5.74, 6) is 0.275. The molecule has 0 saturated carbocycles. The molecule has 0 spiro atoms. The summed E-state index contributed by atoms with van der Waals surface area (Å²) >= 11 is 0. The summed E-state index contributed by atoms with van der Waals surface area (Å²) in [4.78, 5) is 30.1. The SMILES string of the molecule is C=CCN1C(=O)c2ccc(-c3nc(CC(C)NC)no3)cc2C1=O. The highest BCUT2D eigenvalue weighted by Crippen LogP contribution is 2.28. The van der Waals surface area contributed by atoms with Gasteiger partial charge in [-0.2, -0.15) is 4.98 Å². The molecule has 2 heterocycles. The van der Waals surface area contributed by atoms with Crippen LogP contribution in [-0.4, -0.2) is 46.5 Å². The van der Waals surface area contributed by atoms with Gasteiger partial charge in [0.1, 0.15) is 0 Å². The highest BCUT2D eigenvalue weighted by molar-refractivity contribution is 6.21. The molecule has 1 unspecified atom stereocenters. The van der Waals surface area contributed by atoms with E-state index >= 15 is 0 Å². The van der Waals surface area contributed by atoms with Gasteiger partial charge in [-0.15, -0.1) is 6.58 Å². The van der Waals surface area contributed by atoms with Crippen LogP contribution >= 0.6 is 0 Å². The number of likely N-dealkylation sites (N-methyl/N-ethyl adjacent to an activating group) is 1. The number of aromatic nitrogens is 2. The minimum atomic E-state index is -0.333. The summed E-state index contributed by atoms with van der Waals surface area (Å²) in [6, 6.07) is 5.17. The van der Waals surface area contributed by atoms with Crippen molar-refractivity contribution < 1.29 is 14.1 Å². The maximum atomic E-state index is 12.4. The zero-order valence-electron chi connectivity index (χ0n) is 13.6. The fourth-order valence-corrected chi connectivity index (χ4v) is 2.55. The third kappa shape index (κ3) is 2.74. The van der Waals surface area contributed by atoms with E-state index in [1.165, 1.54) is 6.08 Å². The summed E-state index contributed by atoms with van der Waals surface area (Å²) in [6.07, 6.45) is 2.16. The second kappa shape index (κ2) is 6.37. The standard InChI is InChI=1S/C17H18N4O3/c1-4-7-21-16(22)12-6-5-11(9-13(12)17(21)23)15-19-14(20-24-15)8-10(2)18-3/h4-6,9-10,18H,1,7-8H2,2-3H3. The molecule has 1 aliphatic heterocycles. The van der Waals surface area contributed by atoms with Crippen LogP contribution in [0.5, 0.6) is 0 Å². The van der Waals surface area contributed by atoms with Gasteiger partial charge in [0.25, 0.3) is 17.7 Å². The molecule has 1 N–H and O–H groups in total. The Labute approximate surface area is 139 Å². The maximum absolute atomic E-state index is 12.4. The van der Waals surface area contributed by atoms with Gasteiger partial charge in [-0.1, -0.05) is 11.2 Å². The minimum absolute atomic E-state index is 0.189. The lowest BCUT2D eigenvalue weighted by Gasteiger charge is -2.09. The number of hydrogen-bond acceptors (Lipinski definition) is 6. The van der Waals surface area contributed by atoms with Gasteiger partial charge < -0.3 is 9.84 Å². The van der Waals surface area contributed by atoms with Crippen LogP contribution < -0.4 is 5.32 Å². The van der Waals surface area contributed by atoms with Crippen molar-refractivity contribution in [2.45, 2.75) is 19.4 Å². The van der Waals surface area contributed by atoms with E-state index in [1.54, 1.807) is 18.2 Å². The Balaban J connectivity index is 1.89. The molecular formula is C17H18N4O3. The van der Waals surface area contributed by atoms with E-state index in [1.807, 2.05) is 14.0 Å². The summed E-state index contributed by atoms with van der Waals surface area (Å²) in [6.45, 7) is 5.78. The van der Waals surface area contributed by atoms with Gasteiger partial charge in [0.2, 0.25) is 0 Å². The number of amides is 2. The maximum Gasteiger partial charge on any atom is 0.261 e. The van der Waals surface area contributed by atoms with Crippen LogP contribution in [0.15, 0.2) is 35.4 Å². The average molecular weight is 326 g/mol. The van der Waals surface area contributed by atoms with Crippen molar-refractivity contribution in [2.75, 3.05) is 13.6 Å². The van der Waals surface area contributed by atoms with E-state index in [9.17, 15) is 9.59 Å². The van der Waals surface area contributed by atoms with E-state index < -0.39 is 0 Å². The second-order valence-corrected chi connectivity index (χ2v) is 5.68. The largest absolute Gasteiger partial charge is 0.334 e. The molecule has 2 aromatic rings. The summed E-state index contributed by atoms with van der Waals surface area (Å²) in [7, 11) is 1.86. The van der Waals surface area contributed by atoms with Gasteiger partial charge in [-0.3, -0.25) is 14.5 Å². The molecule has 1 aromatic carbocycles. The molecule has 0 radical (unpaired) electrons. The first-order valence-corrected chi connectivity index (χ1v) is 7.66. The Morgan fingerprint density at radius 2 is 2.08 bits per heavy atom. The molecule has 2 amide bonds. The summed E-state index contributed by atoms with van der Waals surface area (Å²) in [5.41, 5.74) is 1.35. The van der Waals surface area contributed by atoms with Crippen molar-refractivity contribution in [3.05, 3.63) is 47.8 Å². The van der Waals surface area contributed by atoms with Gasteiger partial charge in [0.15, 0.2) is 5.82 Å². The number of nitrogens with zero attached hydrogens (tertiary/aromatic N) is 3. The average Bonchev–Trinajstić information content (AvgIpc) is 3.14. The van der Waals surface area contributed by atoms with Gasteiger partial charge in [0, 0.05) is 24.6 Å². The van der Waals surface area contributed by atoms with Crippen LogP contribution in [0.25, 0.3) is 11.5 Å². The van der Waals surface area contributed by atoms with Crippen LogP contribution in [0.1, 0.15) is 33.5 Å². The molecule has 0 fully saturated rings. The third-order valence-corrected chi connectivity index (χ3v) is 3.98. The van der Waals surface area contributed by atoms with E-state index in [4.69, 9.17) is 4.52 Å². The van der Waals surface area contributed by atoms with Crippen LogP contribution in [0.3, 0.4) is 0 Å². The Morgan fingerprint density at radius 3 is 2.79 bits per heavy atom. The molecule has 1 atom stereocenters. The molecular weight excluding hydrogens is 308 g/mol. The fraction of sp³-hybridized carbons (Fsp3) is 0.294.